The summed E-state index contributed by atoms with van der Waals surface area (Å²) in [5, 5.41) is 12.6. The van der Waals surface area contributed by atoms with E-state index in [2.05, 4.69) is 20.3 Å². The second kappa shape index (κ2) is 10.1. The molecule has 1 aliphatic rings. The van der Waals surface area contributed by atoms with E-state index in [1.807, 2.05) is 6.07 Å². The standard InChI is InChI=1S/C23H20F2N6O3S/c1-35(33)18-5-3-17(4-6-18)29-22-28-13-27-21(30-22)15-2-7-19(16(10-15)11-26)34-20-8-9-31(14-32)12-23(20,24)25/h2-7,10,13-14,20H,8-9,12H2,1H3,(H,27,28,29,30). The van der Waals surface area contributed by atoms with Crippen LogP contribution >= 0.6 is 0 Å². The van der Waals surface area contributed by atoms with Gasteiger partial charge in [-0.05, 0) is 42.5 Å². The number of benzene rings is 2. The van der Waals surface area contributed by atoms with Crippen LogP contribution in [0.25, 0.3) is 11.4 Å². The topological polar surface area (TPSA) is 121 Å². The zero-order valence-electron chi connectivity index (χ0n) is 18.5. The van der Waals surface area contributed by atoms with Gasteiger partial charge >= 0.3 is 5.92 Å². The lowest BCUT2D eigenvalue weighted by Gasteiger charge is -2.36. The van der Waals surface area contributed by atoms with Gasteiger partial charge in [-0.2, -0.15) is 10.2 Å². The number of amides is 1. The Labute approximate surface area is 202 Å². The number of nitrogens with zero attached hydrogens (tertiary/aromatic N) is 5. The summed E-state index contributed by atoms with van der Waals surface area (Å²) in [4.78, 5) is 25.1. The first-order valence-corrected chi connectivity index (χ1v) is 12.0. The molecule has 180 valence electrons. The van der Waals surface area contributed by atoms with E-state index in [1.165, 1.54) is 18.5 Å². The number of hydrogen-bond acceptors (Lipinski definition) is 8. The molecular weight excluding hydrogens is 478 g/mol. The SMILES string of the molecule is CS(=O)c1ccc(Nc2ncnc(-c3ccc(OC4CCN(C=O)CC4(F)F)c(C#N)c3)n2)cc1. The first kappa shape index (κ1) is 24.2. The van der Waals surface area contributed by atoms with Gasteiger partial charge in [0, 0.05) is 46.2 Å². The molecule has 1 saturated heterocycles. The van der Waals surface area contributed by atoms with Crippen LogP contribution < -0.4 is 10.1 Å². The van der Waals surface area contributed by atoms with Gasteiger partial charge in [0.15, 0.2) is 11.9 Å². The Morgan fingerprint density at radius 3 is 2.69 bits per heavy atom. The Kier molecular flexibility index (Phi) is 6.97. The van der Waals surface area contributed by atoms with E-state index in [1.54, 1.807) is 36.6 Å². The van der Waals surface area contributed by atoms with Crippen molar-refractivity contribution in [2.75, 3.05) is 24.7 Å². The van der Waals surface area contributed by atoms with Crippen LogP contribution in [-0.4, -0.2) is 61.8 Å². The largest absolute Gasteiger partial charge is 0.483 e. The van der Waals surface area contributed by atoms with Crippen molar-refractivity contribution in [1.82, 2.24) is 19.9 Å². The Hall–Kier alpha value is -3.98. The number of aromatic nitrogens is 3. The molecule has 2 atom stereocenters. The molecule has 1 aromatic heterocycles. The van der Waals surface area contributed by atoms with E-state index in [0.29, 0.717) is 22.6 Å². The number of rotatable bonds is 7. The minimum absolute atomic E-state index is 0.0151. The lowest BCUT2D eigenvalue weighted by Crippen LogP contribution is -2.53. The summed E-state index contributed by atoms with van der Waals surface area (Å²) in [7, 11) is -1.09. The molecule has 0 bridgehead atoms. The quantitative estimate of drug-likeness (QED) is 0.493. The van der Waals surface area contributed by atoms with Gasteiger partial charge in [-0.15, -0.1) is 0 Å². The number of carbonyl (C=O) groups is 1. The number of alkyl halides is 2. The molecule has 2 unspecified atom stereocenters. The van der Waals surface area contributed by atoms with Crippen molar-refractivity contribution in [2.24, 2.45) is 0 Å². The molecule has 1 fully saturated rings. The fourth-order valence-electron chi connectivity index (χ4n) is 3.55. The molecule has 0 saturated carbocycles. The van der Waals surface area contributed by atoms with Gasteiger partial charge in [-0.3, -0.25) is 9.00 Å². The number of hydrogen-bond donors (Lipinski definition) is 1. The van der Waals surface area contributed by atoms with Crippen molar-refractivity contribution >= 4 is 28.8 Å². The van der Waals surface area contributed by atoms with Gasteiger partial charge < -0.3 is 15.0 Å². The average molecular weight is 499 g/mol. The van der Waals surface area contributed by atoms with E-state index >= 15 is 0 Å². The maximum atomic E-state index is 14.4. The number of piperidine rings is 1. The highest BCUT2D eigenvalue weighted by Crippen LogP contribution is 2.33. The maximum Gasteiger partial charge on any atom is 0.301 e. The summed E-state index contributed by atoms with van der Waals surface area (Å²) in [5.74, 6) is -2.72. The second-order valence-electron chi connectivity index (χ2n) is 7.79. The number of ether oxygens (including phenoxy) is 1. The first-order chi connectivity index (χ1) is 16.8. The predicted octanol–water partition coefficient (Wildman–Crippen LogP) is 3.14. The average Bonchev–Trinajstić information content (AvgIpc) is 2.85. The highest BCUT2D eigenvalue weighted by atomic mass is 32.2. The normalized spacial score (nSPS) is 17.8. The highest BCUT2D eigenvalue weighted by Gasteiger charge is 2.46. The van der Waals surface area contributed by atoms with Gasteiger partial charge in [-0.25, -0.2) is 18.7 Å². The Balaban J connectivity index is 1.52. The van der Waals surface area contributed by atoms with Gasteiger partial charge in [0.1, 0.15) is 18.1 Å². The molecule has 3 aromatic rings. The predicted molar refractivity (Wildman–Crippen MR) is 124 cm³/mol. The van der Waals surface area contributed by atoms with Crippen LogP contribution in [0.4, 0.5) is 20.4 Å². The molecule has 12 heteroatoms. The molecular formula is C23H20F2N6O3S. The number of carbonyl (C=O) groups excluding carboxylic acids is 1. The summed E-state index contributed by atoms with van der Waals surface area (Å²) >= 11 is 0. The number of halogens is 2. The molecule has 0 radical (unpaired) electrons. The molecule has 1 N–H and O–H groups in total. The van der Waals surface area contributed by atoms with Crippen molar-refractivity contribution in [2.45, 2.75) is 23.3 Å². The number of nitriles is 1. The molecule has 1 aliphatic heterocycles. The van der Waals surface area contributed by atoms with Crippen LogP contribution in [0, 0.1) is 11.3 Å². The summed E-state index contributed by atoms with van der Waals surface area (Å²) in [5.41, 5.74) is 1.20. The van der Waals surface area contributed by atoms with Crippen LogP contribution in [0.3, 0.4) is 0 Å². The van der Waals surface area contributed by atoms with Crippen molar-refractivity contribution < 1.29 is 22.5 Å². The minimum atomic E-state index is -3.25. The van der Waals surface area contributed by atoms with E-state index in [-0.39, 0.29) is 36.1 Å². The molecule has 9 nitrogen and oxygen atoms in total. The van der Waals surface area contributed by atoms with Crippen molar-refractivity contribution in [1.29, 1.82) is 5.26 Å². The van der Waals surface area contributed by atoms with E-state index in [9.17, 15) is 23.0 Å². The molecule has 0 aliphatic carbocycles. The molecule has 0 spiro atoms. The lowest BCUT2D eigenvalue weighted by atomic mass is 10.0. The van der Waals surface area contributed by atoms with E-state index in [4.69, 9.17) is 4.74 Å². The Bertz CT molecular complexity index is 1300. The fraction of sp³-hybridized carbons (Fsp3) is 0.261. The fourth-order valence-corrected chi connectivity index (χ4v) is 4.07. The first-order valence-electron chi connectivity index (χ1n) is 10.5. The number of anilines is 2. The molecule has 4 rings (SSSR count). The molecule has 2 aromatic carbocycles. The van der Waals surface area contributed by atoms with Crippen LogP contribution in [0.5, 0.6) is 5.75 Å². The summed E-state index contributed by atoms with van der Waals surface area (Å²) in [6.07, 6.45) is 1.77. The molecule has 2 heterocycles. The Morgan fingerprint density at radius 1 is 1.26 bits per heavy atom. The van der Waals surface area contributed by atoms with Crippen LogP contribution in [0.2, 0.25) is 0 Å². The zero-order chi connectivity index (χ0) is 25.0. The summed E-state index contributed by atoms with van der Waals surface area (Å²) in [6, 6.07) is 13.4. The molecule has 1 amide bonds. The zero-order valence-corrected chi connectivity index (χ0v) is 19.3. The third kappa shape index (κ3) is 5.58. The van der Waals surface area contributed by atoms with Crippen molar-refractivity contribution in [3.63, 3.8) is 0 Å². The monoisotopic (exact) mass is 498 g/mol. The van der Waals surface area contributed by atoms with Crippen molar-refractivity contribution in [3.05, 3.63) is 54.4 Å². The highest BCUT2D eigenvalue weighted by molar-refractivity contribution is 7.84. The Morgan fingerprint density at radius 2 is 2.03 bits per heavy atom. The third-order valence-electron chi connectivity index (χ3n) is 5.35. The van der Waals surface area contributed by atoms with E-state index in [0.717, 1.165) is 4.90 Å². The number of likely N-dealkylation sites (tertiary alicyclic amines) is 1. The van der Waals surface area contributed by atoms with Gasteiger partial charge in [0.05, 0.1) is 12.1 Å². The number of nitrogens with one attached hydrogen (secondary N) is 1. The smallest absolute Gasteiger partial charge is 0.301 e. The van der Waals surface area contributed by atoms with Gasteiger partial charge in [0.2, 0.25) is 12.4 Å². The van der Waals surface area contributed by atoms with Crippen molar-refractivity contribution in [3.8, 4) is 23.2 Å². The molecule has 35 heavy (non-hydrogen) atoms. The van der Waals surface area contributed by atoms with Crippen LogP contribution in [0.15, 0.2) is 53.7 Å². The van der Waals surface area contributed by atoms with Gasteiger partial charge in [-0.1, -0.05) is 0 Å². The van der Waals surface area contributed by atoms with E-state index < -0.39 is 29.4 Å². The second-order valence-corrected chi connectivity index (χ2v) is 9.17. The summed E-state index contributed by atoms with van der Waals surface area (Å²) < 4.78 is 45.8. The van der Waals surface area contributed by atoms with Crippen LogP contribution in [-0.2, 0) is 15.6 Å². The third-order valence-corrected chi connectivity index (χ3v) is 6.29. The minimum Gasteiger partial charge on any atom is -0.483 e. The van der Waals surface area contributed by atoms with Crippen LogP contribution in [0.1, 0.15) is 12.0 Å². The summed E-state index contributed by atoms with van der Waals surface area (Å²) in [6.45, 7) is -0.593. The van der Waals surface area contributed by atoms with Gasteiger partial charge in [0.25, 0.3) is 0 Å². The maximum absolute atomic E-state index is 14.4. The lowest BCUT2D eigenvalue weighted by molar-refractivity contribution is -0.151.